The summed E-state index contributed by atoms with van der Waals surface area (Å²) in [7, 11) is 0. The molecule has 0 radical (unpaired) electrons. The second-order valence-electron chi connectivity index (χ2n) is 12.5. The number of nitrogens with one attached hydrogen (secondary N) is 2. The molecule has 3 heterocycles. The monoisotopic (exact) mass is 689 g/mol. The first-order valence-electron chi connectivity index (χ1n) is 15.4. The van der Waals surface area contributed by atoms with Crippen LogP contribution in [0.2, 0.25) is 5.02 Å². The van der Waals surface area contributed by atoms with Gasteiger partial charge in [0.2, 0.25) is 11.8 Å². The molecule has 3 aromatic carbocycles. The van der Waals surface area contributed by atoms with Gasteiger partial charge in [-0.05, 0) is 65.3 Å². The topological polar surface area (TPSA) is 146 Å². The van der Waals surface area contributed by atoms with Gasteiger partial charge in [-0.1, -0.05) is 53.3 Å². The molecule has 10 nitrogen and oxygen atoms in total. The summed E-state index contributed by atoms with van der Waals surface area (Å²) in [6.07, 6.45) is 0.384. The van der Waals surface area contributed by atoms with E-state index in [-0.39, 0.29) is 71.1 Å². The zero-order chi connectivity index (χ0) is 32.6. The molecule has 1 saturated heterocycles. The number of ether oxygens (including phenoxy) is 1. The highest BCUT2D eigenvalue weighted by molar-refractivity contribution is 8.00. The molecule has 6 unspecified atom stereocenters. The van der Waals surface area contributed by atoms with Crippen molar-refractivity contribution in [1.29, 1.82) is 0 Å². The van der Waals surface area contributed by atoms with Crippen LogP contribution in [0.5, 0.6) is 5.75 Å². The molecule has 13 heteroatoms. The molecule has 3 fully saturated rings. The molecule has 1 aromatic heterocycles. The van der Waals surface area contributed by atoms with Gasteiger partial charge in [0.05, 0.1) is 23.3 Å². The number of benzene rings is 3. The molecule has 3 amide bonds. The summed E-state index contributed by atoms with van der Waals surface area (Å²) in [4.78, 5) is 68.9. The second-order valence-corrected chi connectivity index (χ2v) is 15.2. The van der Waals surface area contributed by atoms with E-state index < -0.39 is 17.8 Å². The Labute approximate surface area is 281 Å². The third kappa shape index (κ3) is 5.04. The highest BCUT2D eigenvalue weighted by atomic mass is 35.5. The van der Waals surface area contributed by atoms with Crippen molar-refractivity contribution in [2.24, 2.45) is 29.6 Å². The number of carbonyl (C=O) groups excluding carboxylic acids is 3. The number of rotatable bonds is 8. The van der Waals surface area contributed by atoms with E-state index in [0.717, 1.165) is 36.9 Å². The van der Waals surface area contributed by atoms with Crippen molar-refractivity contribution in [3.63, 3.8) is 0 Å². The van der Waals surface area contributed by atoms with E-state index in [1.54, 1.807) is 30.0 Å². The molecule has 4 aromatic rings. The number of aromatic nitrogens is 1. The van der Waals surface area contributed by atoms with Gasteiger partial charge in [0.15, 0.2) is 6.61 Å². The molecule has 7 atom stereocenters. The number of carboxylic acids is 1. The Bertz CT molecular complexity index is 2050. The molecule has 3 N–H and O–H groups in total. The molecule has 240 valence electrons. The Kier molecular flexibility index (Phi) is 7.42. The predicted octanol–water partition coefficient (Wildman–Crippen LogP) is 5.21. The number of carboxylic acid groups (broad SMARTS) is 1. The number of halogens is 1. The van der Waals surface area contributed by atoms with Crippen LogP contribution in [-0.2, 0) is 19.2 Å². The van der Waals surface area contributed by atoms with Crippen LogP contribution in [0, 0.1) is 29.6 Å². The van der Waals surface area contributed by atoms with Gasteiger partial charge < -0.3 is 20.1 Å². The van der Waals surface area contributed by atoms with Crippen molar-refractivity contribution >= 4 is 74.9 Å². The molecule has 2 bridgehead atoms. The van der Waals surface area contributed by atoms with Crippen molar-refractivity contribution < 1.29 is 29.0 Å². The average Bonchev–Trinajstić information content (AvgIpc) is 3.78. The van der Waals surface area contributed by atoms with Crippen LogP contribution in [0.3, 0.4) is 0 Å². The fourth-order valence-corrected chi connectivity index (χ4v) is 11.4. The summed E-state index contributed by atoms with van der Waals surface area (Å²) in [5, 5.41) is 15.3. The number of aromatic amines is 1. The lowest BCUT2D eigenvalue weighted by atomic mass is 9.68. The lowest BCUT2D eigenvalue weighted by Gasteiger charge is -2.43. The number of fused-ring (bicyclic) bond motifs is 10. The number of carbonyl (C=O) groups is 4. The summed E-state index contributed by atoms with van der Waals surface area (Å²) in [5.74, 6) is -3.37. The molecule has 8 rings (SSSR count). The van der Waals surface area contributed by atoms with Gasteiger partial charge in [0, 0.05) is 38.9 Å². The number of aliphatic carboxylic acids is 1. The van der Waals surface area contributed by atoms with Crippen LogP contribution in [0.25, 0.3) is 10.8 Å². The number of H-pyrrole nitrogens is 1. The van der Waals surface area contributed by atoms with Gasteiger partial charge in [0.25, 0.3) is 5.91 Å². The van der Waals surface area contributed by atoms with Crippen molar-refractivity contribution in [1.82, 2.24) is 9.88 Å². The van der Waals surface area contributed by atoms with Crippen LogP contribution in [0.1, 0.15) is 29.2 Å². The zero-order valence-corrected chi connectivity index (χ0v) is 27.1. The summed E-state index contributed by atoms with van der Waals surface area (Å²) in [6, 6.07) is 18.8. The minimum Gasteiger partial charge on any atom is -0.483 e. The number of nitrogens with zero attached hydrogens (tertiary/aromatic N) is 1. The van der Waals surface area contributed by atoms with E-state index in [4.69, 9.17) is 16.3 Å². The van der Waals surface area contributed by atoms with E-state index in [2.05, 4.69) is 10.3 Å². The number of amides is 3. The maximum Gasteiger partial charge on any atom is 0.305 e. The largest absolute Gasteiger partial charge is 0.483 e. The predicted molar refractivity (Wildman–Crippen MR) is 177 cm³/mol. The third-order valence-electron chi connectivity index (χ3n) is 10.1. The summed E-state index contributed by atoms with van der Waals surface area (Å²) in [5.41, 5.74) is 1.36. The van der Waals surface area contributed by atoms with Crippen LogP contribution >= 0.6 is 34.7 Å². The summed E-state index contributed by atoms with van der Waals surface area (Å²) in [6.45, 7) is -0.408. The average molecular weight is 690 g/mol. The minimum absolute atomic E-state index is 0.0665. The molecule has 2 aliphatic carbocycles. The zero-order valence-electron chi connectivity index (χ0n) is 24.7. The van der Waals surface area contributed by atoms with Gasteiger partial charge >= 0.3 is 10.8 Å². The van der Waals surface area contributed by atoms with Crippen molar-refractivity contribution in [2.45, 2.75) is 29.0 Å². The number of thioether (sulfide) groups is 1. The molecule has 2 aliphatic heterocycles. The molecule has 47 heavy (non-hydrogen) atoms. The standard InChI is InChI=1S/C34H28ClN3O7S2/c35-17-6-8-22(45-14-23(39)36-18-7-5-15-3-1-2-4-16(15)11-18)19(12-17)25-26-20-13-21(29(26)46-31-30(25)47-34(44)37-31)28-27(20)32(42)38(33(28)43)10-9-24(40)41/h1-8,11-12,20-21,25-29H,9-10,13-14H2,(H,36,39)(H,37,44)(H,40,41)/t20?,21?,25-,26?,27?,28?,29?/m1/s1. The lowest BCUT2D eigenvalue weighted by Crippen LogP contribution is -2.42. The Morgan fingerprint density at radius 1 is 1.00 bits per heavy atom. The first-order valence-corrected chi connectivity index (χ1v) is 17.4. The van der Waals surface area contributed by atoms with E-state index in [9.17, 15) is 29.1 Å². The summed E-state index contributed by atoms with van der Waals surface area (Å²) < 4.78 is 6.17. The number of thiazole rings is 1. The van der Waals surface area contributed by atoms with Crippen molar-refractivity contribution in [2.75, 3.05) is 18.5 Å². The highest BCUT2D eigenvalue weighted by Crippen LogP contribution is 2.69. The number of hydrogen-bond acceptors (Lipinski definition) is 8. The van der Waals surface area contributed by atoms with Crippen LogP contribution in [0.4, 0.5) is 5.69 Å². The molecule has 0 spiro atoms. The van der Waals surface area contributed by atoms with E-state index in [1.165, 1.54) is 0 Å². The van der Waals surface area contributed by atoms with Gasteiger partial charge in [0.1, 0.15) is 5.75 Å². The lowest BCUT2D eigenvalue weighted by molar-refractivity contribution is -0.142. The normalized spacial score (nSPS) is 27.1. The fraction of sp³-hybridized carbons (Fsp3) is 0.324. The van der Waals surface area contributed by atoms with Gasteiger partial charge in [-0.3, -0.25) is 28.9 Å². The third-order valence-corrected chi connectivity index (χ3v) is 12.9. The fourth-order valence-electron chi connectivity index (χ4n) is 8.36. The molecule has 2 saturated carbocycles. The van der Waals surface area contributed by atoms with Gasteiger partial charge in [-0.25, -0.2) is 0 Å². The van der Waals surface area contributed by atoms with Crippen LogP contribution in [-0.4, -0.2) is 57.1 Å². The SMILES string of the molecule is O=C(O)CCN1C(=O)C2C3CC(C2C1=O)C1C3Sc2[nH]c(=O)sc2[C@@H]1c1cc(Cl)ccc1OCC(=O)Nc1ccc2ccccc2c1. The van der Waals surface area contributed by atoms with Crippen LogP contribution < -0.4 is 14.9 Å². The first-order chi connectivity index (χ1) is 22.7. The number of imide groups is 1. The maximum atomic E-state index is 13.6. The van der Waals surface area contributed by atoms with Crippen LogP contribution in [0.15, 0.2) is 70.5 Å². The minimum atomic E-state index is -1.07. The second kappa shape index (κ2) is 11.5. The number of likely N-dealkylation sites (tertiary alicyclic amines) is 1. The van der Waals surface area contributed by atoms with E-state index in [0.29, 0.717) is 28.4 Å². The van der Waals surface area contributed by atoms with E-state index in [1.807, 2.05) is 42.5 Å². The Hall–Kier alpha value is -4.13. The Morgan fingerprint density at radius 2 is 1.77 bits per heavy atom. The quantitative estimate of drug-likeness (QED) is 0.214. The number of anilines is 1. The summed E-state index contributed by atoms with van der Waals surface area (Å²) >= 11 is 9.22. The Balaban J connectivity index is 1.10. The van der Waals surface area contributed by atoms with Gasteiger partial charge in [-0.2, -0.15) is 0 Å². The number of hydrogen-bond donors (Lipinski definition) is 3. The van der Waals surface area contributed by atoms with E-state index >= 15 is 0 Å². The molecular weight excluding hydrogens is 662 g/mol. The molecule has 4 aliphatic rings. The first kappa shape index (κ1) is 30.2. The van der Waals surface area contributed by atoms with Crippen molar-refractivity contribution in [3.8, 4) is 5.75 Å². The molecular formula is C34H28ClN3O7S2. The smallest absolute Gasteiger partial charge is 0.305 e. The Morgan fingerprint density at radius 3 is 2.55 bits per heavy atom. The highest BCUT2D eigenvalue weighted by Gasteiger charge is 2.69. The van der Waals surface area contributed by atoms with Gasteiger partial charge in [-0.15, -0.1) is 11.8 Å². The maximum absolute atomic E-state index is 13.6. The van der Waals surface area contributed by atoms with Crippen molar-refractivity contribution in [3.05, 3.63) is 85.8 Å².